The van der Waals surface area contributed by atoms with E-state index < -0.39 is 12.0 Å². The summed E-state index contributed by atoms with van der Waals surface area (Å²) in [4.78, 5) is 25.0. The number of aliphatic carboxylic acids is 1. The second-order valence-corrected chi connectivity index (χ2v) is 5.16. The van der Waals surface area contributed by atoms with Crippen LogP contribution in [0.4, 0.5) is 4.79 Å². The predicted octanol–water partition coefficient (Wildman–Crippen LogP) is 0.879. The number of nitrogens with zero attached hydrogens (tertiary/aromatic N) is 1. The van der Waals surface area contributed by atoms with Gasteiger partial charge in [0, 0.05) is 12.6 Å². The first kappa shape index (κ1) is 15.8. The van der Waals surface area contributed by atoms with Gasteiger partial charge in [-0.05, 0) is 38.8 Å². The monoisotopic (exact) mass is 271 g/mol. The fourth-order valence-corrected chi connectivity index (χ4v) is 2.13. The number of hydrogen-bond donors (Lipinski definition) is 3. The van der Waals surface area contributed by atoms with Gasteiger partial charge in [0.05, 0.1) is 0 Å². The van der Waals surface area contributed by atoms with E-state index in [-0.39, 0.29) is 18.0 Å². The van der Waals surface area contributed by atoms with E-state index in [4.69, 9.17) is 5.11 Å². The lowest BCUT2D eigenvalue weighted by atomic mass is 10.2. The normalized spacial score (nSPS) is 17.9. The SMILES string of the molecule is CCN(CC)CC(C)NC(=O)NC(C(=O)O)C1CC1. The number of carboxylic acids is 1. The average molecular weight is 271 g/mol. The zero-order chi connectivity index (χ0) is 14.4. The number of hydrogen-bond acceptors (Lipinski definition) is 3. The van der Waals surface area contributed by atoms with E-state index in [1.54, 1.807) is 0 Å². The first-order valence-electron chi connectivity index (χ1n) is 7.00. The van der Waals surface area contributed by atoms with Crippen LogP contribution < -0.4 is 10.6 Å². The molecule has 2 unspecified atom stereocenters. The second kappa shape index (κ2) is 7.33. The third-order valence-corrected chi connectivity index (χ3v) is 3.45. The van der Waals surface area contributed by atoms with Crippen LogP contribution in [0.1, 0.15) is 33.6 Å². The van der Waals surface area contributed by atoms with Crippen LogP contribution in [0.2, 0.25) is 0 Å². The lowest BCUT2D eigenvalue weighted by Gasteiger charge is -2.24. The lowest BCUT2D eigenvalue weighted by molar-refractivity contribution is -0.139. The number of urea groups is 1. The maximum atomic E-state index is 11.8. The number of carbonyl (C=O) groups is 2. The topological polar surface area (TPSA) is 81.7 Å². The Morgan fingerprint density at radius 2 is 1.84 bits per heavy atom. The standard InChI is InChI=1S/C13H25N3O3/c1-4-16(5-2)8-9(3)14-13(19)15-11(12(17)18)10-6-7-10/h9-11H,4-8H2,1-3H3,(H,17,18)(H2,14,15,19). The van der Waals surface area contributed by atoms with Crippen molar-refractivity contribution >= 4 is 12.0 Å². The Labute approximate surface area is 114 Å². The van der Waals surface area contributed by atoms with Crippen molar-refractivity contribution in [1.29, 1.82) is 0 Å². The van der Waals surface area contributed by atoms with Gasteiger partial charge in [0.15, 0.2) is 0 Å². The molecule has 0 heterocycles. The molecule has 19 heavy (non-hydrogen) atoms. The minimum absolute atomic E-state index is 0.00597. The van der Waals surface area contributed by atoms with E-state index in [0.717, 1.165) is 32.5 Å². The molecule has 3 N–H and O–H groups in total. The molecule has 1 aliphatic rings. The second-order valence-electron chi connectivity index (χ2n) is 5.16. The van der Waals surface area contributed by atoms with E-state index in [1.807, 2.05) is 6.92 Å². The van der Waals surface area contributed by atoms with Gasteiger partial charge in [0.2, 0.25) is 0 Å². The fourth-order valence-electron chi connectivity index (χ4n) is 2.13. The Hall–Kier alpha value is -1.30. The highest BCUT2D eigenvalue weighted by Crippen LogP contribution is 2.32. The number of likely N-dealkylation sites (N-methyl/N-ethyl adjacent to an activating group) is 1. The number of carboxylic acid groups (broad SMARTS) is 1. The van der Waals surface area contributed by atoms with Crippen molar-refractivity contribution in [2.24, 2.45) is 5.92 Å². The van der Waals surface area contributed by atoms with Crippen molar-refractivity contribution < 1.29 is 14.7 Å². The summed E-state index contributed by atoms with van der Waals surface area (Å²) in [6.45, 7) is 8.70. The Morgan fingerprint density at radius 1 is 1.26 bits per heavy atom. The number of rotatable bonds is 8. The molecule has 2 amide bonds. The van der Waals surface area contributed by atoms with Gasteiger partial charge in [0.1, 0.15) is 6.04 Å². The van der Waals surface area contributed by atoms with E-state index in [2.05, 4.69) is 29.4 Å². The summed E-state index contributed by atoms with van der Waals surface area (Å²) < 4.78 is 0. The molecule has 0 aromatic heterocycles. The first-order valence-corrected chi connectivity index (χ1v) is 7.00. The summed E-state index contributed by atoms with van der Waals surface area (Å²) in [7, 11) is 0. The van der Waals surface area contributed by atoms with Gasteiger partial charge in [0.25, 0.3) is 0 Å². The Morgan fingerprint density at radius 3 is 2.26 bits per heavy atom. The highest BCUT2D eigenvalue weighted by atomic mass is 16.4. The summed E-state index contributed by atoms with van der Waals surface area (Å²) in [5.74, 6) is -0.851. The number of amides is 2. The first-order chi connectivity index (χ1) is 8.97. The zero-order valence-electron chi connectivity index (χ0n) is 12.0. The molecule has 0 aromatic carbocycles. The summed E-state index contributed by atoms with van der Waals surface area (Å²) in [5.41, 5.74) is 0. The van der Waals surface area contributed by atoms with E-state index in [1.165, 1.54) is 0 Å². The maximum absolute atomic E-state index is 11.8. The van der Waals surface area contributed by atoms with Crippen LogP contribution in [0.3, 0.4) is 0 Å². The third kappa shape index (κ3) is 5.46. The molecule has 6 heteroatoms. The van der Waals surface area contributed by atoms with Crippen LogP contribution in [0.5, 0.6) is 0 Å². The minimum Gasteiger partial charge on any atom is -0.480 e. The number of carbonyl (C=O) groups excluding carboxylic acids is 1. The van der Waals surface area contributed by atoms with Crippen molar-refractivity contribution in [2.45, 2.75) is 45.7 Å². The van der Waals surface area contributed by atoms with Crippen LogP contribution in [0.15, 0.2) is 0 Å². The van der Waals surface area contributed by atoms with E-state index in [0.29, 0.717) is 0 Å². The van der Waals surface area contributed by atoms with E-state index in [9.17, 15) is 9.59 Å². The van der Waals surface area contributed by atoms with Gasteiger partial charge in [-0.1, -0.05) is 13.8 Å². The average Bonchev–Trinajstić information content (AvgIpc) is 3.16. The molecule has 110 valence electrons. The van der Waals surface area contributed by atoms with Crippen molar-refractivity contribution in [3.05, 3.63) is 0 Å². The van der Waals surface area contributed by atoms with Gasteiger partial charge in [-0.15, -0.1) is 0 Å². The van der Waals surface area contributed by atoms with Crippen LogP contribution in [-0.2, 0) is 4.79 Å². The fraction of sp³-hybridized carbons (Fsp3) is 0.846. The smallest absolute Gasteiger partial charge is 0.326 e. The maximum Gasteiger partial charge on any atom is 0.326 e. The molecule has 0 saturated heterocycles. The molecule has 1 rings (SSSR count). The highest BCUT2D eigenvalue weighted by Gasteiger charge is 2.37. The van der Waals surface area contributed by atoms with Crippen molar-refractivity contribution in [3.8, 4) is 0 Å². The van der Waals surface area contributed by atoms with Gasteiger partial charge in [-0.3, -0.25) is 0 Å². The minimum atomic E-state index is -0.950. The quantitative estimate of drug-likeness (QED) is 0.612. The van der Waals surface area contributed by atoms with Gasteiger partial charge < -0.3 is 20.6 Å². The lowest BCUT2D eigenvalue weighted by Crippen LogP contribution is -2.51. The molecule has 0 radical (unpaired) electrons. The Bertz CT molecular complexity index is 314. The third-order valence-electron chi connectivity index (χ3n) is 3.45. The van der Waals surface area contributed by atoms with Crippen LogP contribution >= 0.6 is 0 Å². The number of nitrogens with one attached hydrogen (secondary N) is 2. The van der Waals surface area contributed by atoms with Gasteiger partial charge in [-0.25, -0.2) is 9.59 Å². The van der Waals surface area contributed by atoms with Crippen LogP contribution in [0.25, 0.3) is 0 Å². The summed E-state index contributed by atoms with van der Waals surface area (Å²) >= 11 is 0. The summed E-state index contributed by atoms with van der Waals surface area (Å²) in [6.07, 6.45) is 1.76. The summed E-state index contributed by atoms with van der Waals surface area (Å²) in [6, 6.07) is -1.15. The van der Waals surface area contributed by atoms with Crippen LogP contribution in [0, 0.1) is 5.92 Å². The molecular formula is C13H25N3O3. The molecule has 6 nitrogen and oxygen atoms in total. The molecule has 1 saturated carbocycles. The highest BCUT2D eigenvalue weighted by molar-refractivity contribution is 5.83. The predicted molar refractivity (Wildman–Crippen MR) is 73.1 cm³/mol. The molecule has 2 atom stereocenters. The Kier molecular flexibility index (Phi) is 6.08. The molecule has 1 fully saturated rings. The Balaban J connectivity index is 2.34. The summed E-state index contributed by atoms with van der Waals surface area (Å²) in [5, 5.41) is 14.4. The van der Waals surface area contributed by atoms with Gasteiger partial charge in [-0.2, -0.15) is 0 Å². The van der Waals surface area contributed by atoms with Crippen molar-refractivity contribution in [2.75, 3.05) is 19.6 Å². The zero-order valence-corrected chi connectivity index (χ0v) is 12.0. The molecule has 0 aliphatic heterocycles. The van der Waals surface area contributed by atoms with E-state index >= 15 is 0 Å². The molecule has 0 aromatic rings. The largest absolute Gasteiger partial charge is 0.480 e. The molecule has 0 bridgehead atoms. The molecule has 0 spiro atoms. The molecular weight excluding hydrogens is 246 g/mol. The molecule has 1 aliphatic carbocycles. The van der Waals surface area contributed by atoms with Crippen molar-refractivity contribution in [3.63, 3.8) is 0 Å². The van der Waals surface area contributed by atoms with Crippen LogP contribution in [-0.4, -0.2) is 53.7 Å². The van der Waals surface area contributed by atoms with Crippen molar-refractivity contribution in [1.82, 2.24) is 15.5 Å². The van der Waals surface area contributed by atoms with Gasteiger partial charge >= 0.3 is 12.0 Å².